The van der Waals surface area contributed by atoms with Gasteiger partial charge in [-0.1, -0.05) is 24.3 Å². The number of carboxylic acids is 1. The Bertz CT molecular complexity index is 965. The number of benzene rings is 2. The van der Waals surface area contributed by atoms with Crippen molar-refractivity contribution in [1.82, 2.24) is 9.78 Å². The van der Waals surface area contributed by atoms with Crippen molar-refractivity contribution in [3.63, 3.8) is 0 Å². The van der Waals surface area contributed by atoms with Crippen molar-refractivity contribution in [2.24, 2.45) is 0 Å². The molecule has 4 rings (SSSR count). The lowest BCUT2D eigenvalue weighted by molar-refractivity contribution is 0.0697. The Labute approximate surface area is 143 Å². The Morgan fingerprint density at radius 3 is 2.88 bits per heavy atom. The first-order valence-electron chi connectivity index (χ1n) is 8.05. The number of nitrogens with one attached hydrogen (secondary N) is 1. The summed E-state index contributed by atoms with van der Waals surface area (Å²) in [6.45, 7) is 0.788. The number of nitrogens with zero attached hydrogens (tertiary/aromatic N) is 2. The molecule has 2 heterocycles. The maximum Gasteiger partial charge on any atom is 0.335 e. The van der Waals surface area contributed by atoms with E-state index in [9.17, 15) is 14.3 Å². The molecule has 0 aliphatic carbocycles. The second-order valence-corrected chi connectivity index (χ2v) is 5.99. The Hall–Kier alpha value is -3.15. The lowest BCUT2D eigenvalue weighted by atomic mass is 10.1. The highest BCUT2D eigenvalue weighted by atomic mass is 19.1. The Kier molecular flexibility index (Phi) is 3.72. The molecular formula is C19H16FN3O2. The number of halogens is 1. The number of carbonyl (C=O) groups is 1. The van der Waals surface area contributed by atoms with Gasteiger partial charge < -0.3 is 10.4 Å². The maximum atomic E-state index is 14.0. The van der Waals surface area contributed by atoms with Crippen LogP contribution in [0.3, 0.4) is 0 Å². The van der Waals surface area contributed by atoms with Gasteiger partial charge in [-0.05, 0) is 36.2 Å². The van der Waals surface area contributed by atoms with E-state index in [2.05, 4.69) is 10.4 Å². The molecule has 5 nitrogen and oxygen atoms in total. The van der Waals surface area contributed by atoms with E-state index in [0.29, 0.717) is 17.7 Å². The van der Waals surface area contributed by atoms with Gasteiger partial charge in [0, 0.05) is 18.5 Å². The molecule has 3 aromatic rings. The third-order valence-electron chi connectivity index (χ3n) is 4.39. The van der Waals surface area contributed by atoms with Gasteiger partial charge in [-0.2, -0.15) is 5.10 Å². The van der Waals surface area contributed by atoms with Crippen LogP contribution in [0.25, 0.3) is 5.69 Å². The number of anilines is 1. The van der Waals surface area contributed by atoms with Crippen LogP contribution in [0.1, 0.15) is 27.2 Å². The third kappa shape index (κ3) is 2.76. The molecular weight excluding hydrogens is 321 g/mol. The van der Waals surface area contributed by atoms with Gasteiger partial charge >= 0.3 is 5.97 Å². The minimum atomic E-state index is -0.981. The molecule has 0 fully saturated rings. The van der Waals surface area contributed by atoms with E-state index in [4.69, 9.17) is 0 Å². The lowest BCUT2D eigenvalue weighted by Gasteiger charge is -2.07. The topological polar surface area (TPSA) is 67.1 Å². The van der Waals surface area contributed by atoms with Crippen LogP contribution >= 0.6 is 0 Å². The second-order valence-electron chi connectivity index (χ2n) is 5.99. The predicted molar refractivity (Wildman–Crippen MR) is 91.9 cm³/mol. The van der Waals surface area contributed by atoms with E-state index in [1.165, 1.54) is 6.07 Å². The van der Waals surface area contributed by atoms with Crippen molar-refractivity contribution in [3.8, 4) is 5.69 Å². The largest absolute Gasteiger partial charge is 0.478 e. The maximum absolute atomic E-state index is 14.0. The molecule has 1 aliphatic heterocycles. The summed E-state index contributed by atoms with van der Waals surface area (Å²) in [7, 11) is 0. The Balaban J connectivity index is 1.77. The van der Waals surface area contributed by atoms with Gasteiger partial charge in [0.05, 0.1) is 16.9 Å². The monoisotopic (exact) mass is 337 g/mol. The van der Waals surface area contributed by atoms with Crippen LogP contribution in [0, 0.1) is 5.82 Å². The van der Waals surface area contributed by atoms with Crippen LogP contribution in [-0.2, 0) is 12.8 Å². The van der Waals surface area contributed by atoms with Crippen molar-refractivity contribution < 1.29 is 14.3 Å². The van der Waals surface area contributed by atoms with Crippen LogP contribution in [0.2, 0.25) is 0 Å². The quantitative estimate of drug-likeness (QED) is 0.767. The number of aromatic nitrogens is 2. The van der Waals surface area contributed by atoms with E-state index in [1.807, 2.05) is 12.1 Å². The molecule has 2 aromatic carbocycles. The van der Waals surface area contributed by atoms with Gasteiger partial charge in [0.15, 0.2) is 0 Å². The fourth-order valence-electron chi connectivity index (χ4n) is 3.17. The van der Waals surface area contributed by atoms with Crippen molar-refractivity contribution in [2.75, 3.05) is 11.9 Å². The lowest BCUT2D eigenvalue weighted by Crippen LogP contribution is -2.06. The highest BCUT2D eigenvalue weighted by Crippen LogP contribution is 2.30. The van der Waals surface area contributed by atoms with Crippen LogP contribution < -0.4 is 5.32 Å². The van der Waals surface area contributed by atoms with Gasteiger partial charge in [-0.25, -0.2) is 13.9 Å². The molecule has 126 valence electrons. The minimum absolute atomic E-state index is 0.204. The van der Waals surface area contributed by atoms with Gasteiger partial charge in [-0.3, -0.25) is 0 Å². The second kappa shape index (κ2) is 6.05. The molecule has 0 bridgehead atoms. The zero-order valence-electron chi connectivity index (χ0n) is 13.4. The highest BCUT2D eigenvalue weighted by molar-refractivity contribution is 5.88. The number of hydrogen-bond acceptors (Lipinski definition) is 3. The fourth-order valence-corrected chi connectivity index (χ4v) is 3.17. The molecule has 0 radical (unpaired) electrons. The summed E-state index contributed by atoms with van der Waals surface area (Å²) < 4.78 is 15.7. The molecule has 1 aliphatic rings. The summed E-state index contributed by atoms with van der Waals surface area (Å²) in [6.07, 6.45) is 1.22. The molecule has 0 saturated carbocycles. The molecule has 6 heteroatoms. The van der Waals surface area contributed by atoms with Crippen LogP contribution in [0.15, 0.2) is 48.5 Å². The highest BCUT2D eigenvalue weighted by Gasteiger charge is 2.23. The van der Waals surface area contributed by atoms with Gasteiger partial charge in [0.2, 0.25) is 0 Å². The van der Waals surface area contributed by atoms with E-state index in [-0.39, 0.29) is 11.4 Å². The molecule has 1 aromatic heterocycles. The van der Waals surface area contributed by atoms with Crippen molar-refractivity contribution in [2.45, 2.75) is 12.8 Å². The minimum Gasteiger partial charge on any atom is -0.478 e. The number of hydrogen-bond donors (Lipinski definition) is 2. The number of fused-ring (bicyclic) bond motifs is 1. The zero-order chi connectivity index (χ0) is 17.4. The first-order valence-corrected chi connectivity index (χ1v) is 8.05. The van der Waals surface area contributed by atoms with Crippen LogP contribution in [0.5, 0.6) is 0 Å². The average Bonchev–Trinajstić information content (AvgIpc) is 3.21. The van der Waals surface area contributed by atoms with Crippen molar-refractivity contribution in [3.05, 3.63) is 76.7 Å². The summed E-state index contributed by atoms with van der Waals surface area (Å²) in [5.41, 5.74) is 3.34. The molecule has 0 amide bonds. The van der Waals surface area contributed by atoms with Crippen LogP contribution in [0.4, 0.5) is 10.2 Å². The smallest absolute Gasteiger partial charge is 0.335 e. The number of rotatable bonds is 4. The molecule has 0 spiro atoms. The molecule has 0 saturated heterocycles. The standard InChI is InChI=1S/C19H16FN3O2/c20-16-7-2-1-4-12(16)11-17-15-8-9-21-18(15)23(22-17)14-6-3-5-13(10-14)19(24)25/h1-7,10,21H,8-9,11H2,(H,24,25). The van der Waals surface area contributed by atoms with Crippen molar-refractivity contribution >= 4 is 11.8 Å². The number of carboxylic acid groups (broad SMARTS) is 1. The summed E-state index contributed by atoms with van der Waals surface area (Å²) in [5, 5.41) is 17.1. The van der Waals surface area contributed by atoms with Crippen molar-refractivity contribution in [1.29, 1.82) is 0 Å². The first kappa shape index (κ1) is 15.4. The summed E-state index contributed by atoms with van der Waals surface area (Å²) >= 11 is 0. The van der Waals surface area contributed by atoms with E-state index < -0.39 is 5.97 Å². The third-order valence-corrected chi connectivity index (χ3v) is 4.39. The van der Waals surface area contributed by atoms with Crippen LogP contribution in [-0.4, -0.2) is 27.4 Å². The molecule has 0 unspecified atom stereocenters. The summed E-state index contributed by atoms with van der Waals surface area (Å²) in [5.74, 6) is -0.372. The SMILES string of the molecule is O=C(O)c1cccc(-n2nc(Cc3ccccc3F)c3c2NCC3)c1. The summed E-state index contributed by atoms with van der Waals surface area (Å²) in [4.78, 5) is 11.2. The Morgan fingerprint density at radius 1 is 1.24 bits per heavy atom. The summed E-state index contributed by atoms with van der Waals surface area (Å²) in [6, 6.07) is 13.3. The van der Waals surface area contributed by atoms with E-state index >= 15 is 0 Å². The first-order chi connectivity index (χ1) is 12.1. The van der Waals surface area contributed by atoms with E-state index in [0.717, 1.165) is 30.0 Å². The van der Waals surface area contributed by atoms with Gasteiger partial charge in [0.25, 0.3) is 0 Å². The molecule has 2 N–H and O–H groups in total. The zero-order valence-corrected chi connectivity index (χ0v) is 13.4. The fraction of sp³-hybridized carbons (Fsp3) is 0.158. The molecule has 25 heavy (non-hydrogen) atoms. The number of aromatic carboxylic acids is 1. The molecule has 0 atom stereocenters. The predicted octanol–water partition coefficient (Wildman–Crippen LogP) is 3.27. The van der Waals surface area contributed by atoms with Gasteiger partial charge in [-0.15, -0.1) is 0 Å². The normalized spacial score (nSPS) is 12.7. The Morgan fingerprint density at radius 2 is 2.08 bits per heavy atom. The average molecular weight is 337 g/mol. The van der Waals surface area contributed by atoms with E-state index in [1.54, 1.807) is 35.0 Å². The van der Waals surface area contributed by atoms with Gasteiger partial charge in [0.1, 0.15) is 11.6 Å².